The molecular formula is C19H22F3N5OS. The zero-order valence-corrected chi connectivity index (χ0v) is 16.8. The van der Waals surface area contributed by atoms with Gasteiger partial charge < -0.3 is 14.8 Å². The molecule has 0 atom stereocenters. The summed E-state index contributed by atoms with van der Waals surface area (Å²) in [6, 6.07) is 3.93. The van der Waals surface area contributed by atoms with Crippen LogP contribution in [0.2, 0.25) is 0 Å². The van der Waals surface area contributed by atoms with Gasteiger partial charge in [0.05, 0.1) is 22.7 Å². The summed E-state index contributed by atoms with van der Waals surface area (Å²) in [5.74, 6) is 0.503. The van der Waals surface area contributed by atoms with Crippen LogP contribution in [0.15, 0.2) is 23.4 Å². The number of aryl methyl sites for hydroxylation is 1. The minimum atomic E-state index is -4.46. The Bertz CT molecular complexity index is 904. The van der Waals surface area contributed by atoms with E-state index in [0.29, 0.717) is 16.9 Å². The van der Waals surface area contributed by atoms with Crippen molar-refractivity contribution in [3.8, 4) is 0 Å². The lowest BCUT2D eigenvalue weighted by Gasteiger charge is -2.23. The molecule has 1 saturated heterocycles. The van der Waals surface area contributed by atoms with E-state index >= 15 is 0 Å². The summed E-state index contributed by atoms with van der Waals surface area (Å²) in [6.07, 6.45) is -0.346. The van der Waals surface area contributed by atoms with Gasteiger partial charge in [0.25, 0.3) is 0 Å². The van der Waals surface area contributed by atoms with Gasteiger partial charge in [0, 0.05) is 19.1 Å². The molecule has 1 N–H and O–H groups in total. The second-order valence-electron chi connectivity index (χ2n) is 7.39. The standard InChI is InChI=1S/C19H22F3N5OS/c1-12-24-25-18(27(12)14-5-6-14)29-11-17(28)23-15-10-13(19(20,21)22)4-7-16(15)26-8-2-3-9-26/h4,7,10,14H,2-3,5-6,8-9,11H2,1H3,(H,23,28). The molecule has 2 fully saturated rings. The molecule has 0 radical (unpaired) electrons. The van der Waals surface area contributed by atoms with Crippen LogP contribution in [-0.2, 0) is 11.0 Å². The highest BCUT2D eigenvalue weighted by Gasteiger charge is 2.32. The third kappa shape index (κ3) is 4.52. The molecule has 10 heteroatoms. The SMILES string of the molecule is Cc1nnc(SCC(=O)Nc2cc(C(F)(F)F)ccc2N2CCCC2)n1C1CC1. The normalized spacial score (nSPS) is 17.0. The number of aromatic nitrogens is 3. The first kappa shape index (κ1) is 20.1. The van der Waals surface area contributed by atoms with E-state index in [1.807, 2.05) is 16.4 Å². The Morgan fingerprint density at radius 2 is 1.97 bits per heavy atom. The van der Waals surface area contributed by atoms with Crippen LogP contribution < -0.4 is 10.2 Å². The second kappa shape index (κ2) is 7.89. The maximum Gasteiger partial charge on any atom is 0.416 e. The first-order valence-corrected chi connectivity index (χ1v) is 10.6. The number of amides is 1. The Balaban J connectivity index is 1.49. The minimum absolute atomic E-state index is 0.0561. The van der Waals surface area contributed by atoms with Gasteiger partial charge >= 0.3 is 6.18 Å². The summed E-state index contributed by atoms with van der Waals surface area (Å²) >= 11 is 1.25. The number of nitrogens with one attached hydrogen (secondary N) is 1. The second-order valence-corrected chi connectivity index (χ2v) is 8.33. The highest BCUT2D eigenvalue weighted by Crippen LogP contribution is 2.39. The van der Waals surface area contributed by atoms with Gasteiger partial charge in [0.2, 0.25) is 5.91 Å². The molecule has 0 spiro atoms. The highest BCUT2D eigenvalue weighted by molar-refractivity contribution is 7.99. The molecule has 1 amide bonds. The number of rotatable bonds is 6. The zero-order chi connectivity index (χ0) is 20.6. The van der Waals surface area contributed by atoms with E-state index in [-0.39, 0.29) is 17.3 Å². The minimum Gasteiger partial charge on any atom is -0.370 e. The van der Waals surface area contributed by atoms with Crippen LogP contribution in [-0.4, -0.2) is 39.5 Å². The third-order valence-corrected chi connectivity index (χ3v) is 6.07. The fraction of sp³-hybridized carbons (Fsp3) is 0.526. The Morgan fingerprint density at radius 3 is 2.62 bits per heavy atom. The first-order valence-electron chi connectivity index (χ1n) is 9.63. The number of carbonyl (C=O) groups excluding carboxylic acids is 1. The number of hydrogen-bond acceptors (Lipinski definition) is 5. The van der Waals surface area contributed by atoms with Gasteiger partial charge in [0.1, 0.15) is 5.82 Å². The fourth-order valence-electron chi connectivity index (χ4n) is 3.56. The molecule has 6 nitrogen and oxygen atoms in total. The van der Waals surface area contributed by atoms with E-state index < -0.39 is 11.7 Å². The summed E-state index contributed by atoms with van der Waals surface area (Å²) in [5.41, 5.74) is 0.0607. The van der Waals surface area contributed by atoms with Crippen LogP contribution in [0.5, 0.6) is 0 Å². The van der Waals surface area contributed by atoms with Crippen molar-refractivity contribution in [3.63, 3.8) is 0 Å². The van der Waals surface area contributed by atoms with Crippen LogP contribution in [0.4, 0.5) is 24.5 Å². The number of hydrogen-bond donors (Lipinski definition) is 1. The number of halogens is 3. The lowest BCUT2D eigenvalue weighted by Crippen LogP contribution is -2.22. The Hall–Kier alpha value is -2.23. The molecule has 0 bridgehead atoms. The number of benzene rings is 1. The fourth-order valence-corrected chi connectivity index (χ4v) is 4.42. The predicted octanol–water partition coefficient (Wildman–Crippen LogP) is 4.27. The predicted molar refractivity (Wildman–Crippen MR) is 105 cm³/mol. The van der Waals surface area contributed by atoms with E-state index in [1.165, 1.54) is 17.8 Å². The van der Waals surface area contributed by atoms with Gasteiger partial charge in [-0.2, -0.15) is 13.2 Å². The van der Waals surface area contributed by atoms with Gasteiger partial charge in [0.15, 0.2) is 5.16 Å². The zero-order valence-electron chi connectivity index (χ0n) is 16.0. The van der Waals surface area contributed by atoms with E-state index in [1.54, 1.807) is 0 Å². The molecule has 156 valence electrons. The summed E-state index contributed by atoms with van der Waals surface area (Å²) in [7, 11) is 0. The van der Waals surface area contributed by atoms with Crippen LogP contribution in [0.25, 0.3) is 0 Å². The Labute approximate surface area is 170 Å². The molecule has 2 aromatic rings. The van der Waals surface area contributed by atoms with Crippen LogP contribution in [0, 0.1) is 6.92 Å². The molecule has 2 heterocycles. The molecule has 1 aromatic carbocycles. The number of anilines is 2. The maximum atomic E-state index is 13.2. The molecular weight excluding hydrogens is 403 g/mol. The van der Waals surface area contributed by atoms with Crippen LogP contribution in [0.3, 0.4) is 0 Å². The smallest absolute Gasteiger partial charge is 0.370 e. The van der Waals surface area contributed by atoms with Gasteiger partial charge in [-0.1, -0.05) is 11.8 Å². The molecule has 2 aliphatic rings. The quantitative estimate of drug-likeness (QED) is 0.701. The Morgan fingerprint density at radius 1 is 1.24 bits per heavy atom. The first-order chi connectivity index (χ1) is 13.8. The average molecular weight is 425 g/mol. The summed E-state index contributed by atoms with van der Waals surface area (Å²) in [6.45, 7) is 3.42. The van der Waals surface area contributed by atoms with Crippen molar-refractivity contribution < 1.29 is 18.0 Å². The van der Waals surface area contributed by atoms with Crippen molar-refractivity contribution in [2.75, 3.05) is 29.1 Å². The highest BCUT2D eigenvalue weighted by atomic mass is 32.2. The number of thioether (sulfide) groups is 1. The lowest BCUT2D eigenvalue weighted by atomic mass is 10.1. The number of alkyl halides is 3. The van der Waals surface area contributed by atoms with Crippen molar-refractivity contribution >= 4 is 29.0 Å². The van der Waals surface area contributed by atoms with E-state index in [9.17, 15) is 18.0 Å². The van der Waals surface area contributed by atoms with E-state index in [4.69, 9.17) is 0 Å². The van der Waals surface area contributed by atoms with Crippen molar-refractivity contribution in [2.24, 2.45) is 0 Å². The van der Waals surface area contributed by atoms with Crippen molar-refractivity contribution in [3.05, 3.63) is 29.6 Å². The summed E-state index contributed by atoms with van der Waals surface area (Å²) < 4.78 is 41.5. The molecule has 1 aromatic heterocycles. The molecule has 1 aliphatic heterocycles. The molecule has 0 unspecified atom stereocenters. The number of nitrogens with zero attached hydrogens (tertiary/aromatic N) is 4. The van der Waals surface area contributed by atoms with Gasteiger partial charge in [-0.15, -0.1) is 10.2 Å². The Kier molecular flexibility index (Phi) is 5.46. The number of carbonyl (C=O) groups is 1. The topological polar surface area (TPSA) is 63.1 Å². The molecule has 29 heavy (non-hydrogen) atoms. The van der Waals surface area contributed by atoms with Crippen molar-refractivity contribution in [1.82, 2.24) is 14.8 Å². The van der Waals surface area contributed by atoms with Crippen LogP contribution in [0.1, 0.15) is 43.1 Å². The van der Waals surface area contributed by atoms with E-state index in [2.05, 4.69) is 15.5 Å². The van der Waals surface area contributed by atoms with Gasteiger partial charge in [-0.3, -0.25) is 4.79 Å². The molecule has 1 saturated carbocycles. The summed E-state index contributed by atoms with van der Waals surface area (Å²) in [5, 5.41) is 11.5. The molecule has 1 aliphatic carbocycles. The van der Waals surface area contributed by atoms with Crippen molar-refractivity contribution in [1.29, 1.82) is 0 Å². The monoisotopic (exact) mass is 425 g/mol. The van der Waals surface area contributed by atoms with Gasteiger partial charge in [-0.05, 0) is 50.8 Å². The van der Waals surface area contributed by atoms with E-state index in [0.717, 1.165) is 56.7 Å². The average Bonchev–Trinajstić information content (AvgIpc) is 3.21. The lowest BCUT2D eigenvalue weighted by molar-refractivity contribution is -0.137. The summed E-state index contributed by atoms with van der Waals surface area (Å²) in [4.78, 5) is 14.5. The molecule has 4 rings (SSSR count). The maximum absolute atomic E-state index is 13.2. The van der Waals surface area contributed by atoms with Crippen LogP contribution >= 0.6 is 11.8 Å². The van der Waals surface area contributed by atoms with Gasteiger partial charge in [-0.25, -0.2) is 0 Å². The van der Waals surface area contributed by atoms with Crippen molar-refractivity contribution in [2.45, 2.75) is 50.0 Å². The third-order valence-electron chi connectivity index (χ3n) is 5.12. The largest absolute Gasteiger partial charge is 0.416 e.